The molecule has 1 amide bonds. The zero-order valence-electron chi connectivity index (χ0n) is 13.5. The molecular formula is C17H26N2OS. The number of benzene rings is 1. The van der Waals surface area contributed by atoms with Gasteiger partial charge in [-0.3, -0.25) is 9.69 Å². The third kappa shape index (κ3) is 4.01. The quantitative estimate of drug-likeness (QED) is 0.805. The number of carbonyl (C=O) groups excluding carboxylic acids is 1. The maximum absolute atomic E-state index is 12.2. The van der Waals surface area contributed by atoms with Gasteiger partial charge in [-0.25, -0.2) is 0 Å². The Bertz CT molecular complexity index is 453. The van der Waals surface area contributed by atoms with Crippen molar-refractivity contribution in [2.24, 2.45) is 0 Å². The van der Waals surface area contributed by atoms with Crippen molar-refractivity contribution >= 4 is 17.7 Å². The Hall–Kier alpha value is -1.00. The smallest absolute Gasteiger partial charge is 0.233 e. The molecule has 3 nitrogen and oxygen atoms in total. The SMILES string of the molecule is CC(C)N(CCN1C(=O)CSC1c1ccccc1)C(C)C. The van der Waals surface area contributed by atoms with E-state index in [2.05, 4.69) is 44.7 Å². The summed E-state index contributed by atoms with van der Waals surface area (Å²) in [5, 5.41) is 0.180. The first-order valence-electron chi connectivity index (χ1n) is 7.72. The molecule has 2 rings (SSSR count). The summed E-state index contributed by atoms with van der Waals surface area (Å²) in [7, 11) is 0. The number of hydrogen-bond acceptors (Lipinski definition) is 3. The van der Waals surface area contributed by atoms with Gasteiger partial charge in [0.25, 0.3) is 0 Å². The summed E-state index contributed by atoms with van der Waals surface area (Å²) in [5.41, 5.74) is 1.23. The first kappa shape index (κ1) is 16.4. The molecule has 21 heavy (non-hydrogen) atoms. The van der Waals surface area contributed by atoms with Crippen LogP contribution in [0.25, 0.3) is 0 Å². The first-order valence-corrected chi connectivity index (χ1v) is 8.77. The number of nitrogens with zero attached hydrogens (tertiary/aromatic N) is 2. The van der Waals surface area contributed by atoms with Crippen LogP contribution in [0.5, 0.6) is 0 Å². The Labute approximate surface area is 132 Å². The van der Waals surface area contributed by atoms with E-state index in [1.165, 1.54) is 5.56 Å². The van der Waals surface area contributed by atoms with E-state index in [0.717, 1.165) is 13.1 Å². The second-order valence-electron chi connectivity index (χ2n) is 6.09. The number of carbonyl (C=O) groups is 1. The van der Waals surface area contributed by atoms with Crippen LogP contribution in [-0.4, -0.2) is 46.6 Å². The first-order chi connectivity index (χ1) is 10.0. The number of amides is 1. The van der Waals surface area contributed by atoms with Crippen LogP contribution < -0.4 is 0 Å². The second kappa shape index (κ2) is 7.32. The van der Waals surface area contributed by atoms with Gasteiger partial charge >= 0.3 is 0 Å². The van der Waals surface area contributed by atoms with Gasteiger partial charge < -0.3 is 4.90 Å². The lowest BCUT2D eigenvalue weighted by molar-refractivity contribution is -0.128. The molecule has 1 heterocycles. The predicted molar refractivity (Wildman–Crippen MR) is 90.3 cm³/mol. The topological polar surface area (TPSA) is 23.6 Å². The third-order valence-corrected chi connectivity index (χ3v) is 5.23. The fourth-order valence-electron chi connectivity index (χ4n) is 2.93. The Morgan fingerprint density at radius 2 is 1.81 bits per heavy atom. The Balaban J connectivity index is 2.04. The van der Waals surface area contributed by atoms with Crippen LogP contribution in [0.1, 0.15) is 38.6 Å². The van der Waals surface area contributed by atoms with E-state index < -0.39 is 0 Å². The molecular weight excluding hydrogens is 280 g/mol. The largest absolute Gasteiger partial charge is 0.325 e. The van der Waals surface area contributed by atoms with E-state index in [0.29, 0.717) is 17.8 Å². The van der Waals surface area contributed by atoms with Gasteiger partial charge in [0.2, 0.25) is 5.91 Å². The highest BCUT2D eigenvalue weighted by Crippen LogP contribution is 2.38. The number of thioether (sulfide) groups is 1. The molecule has 0 saturated carbocycles. The highest BCUT2D eigenvalue weighted by Gasteiger charge is 2.32. The van der Waals surface area contributed by atoms with Crippen LogP contribution >= 0.6 is 11.8 Å². The van der Waals surface area contributed by atoms with Gasteiger partial charge in [0, 0.05) is 25.2 Å². The molecule has 0 bridgehead atoms. The molecule has 1 aliphatic rings. The molecule has 1 aromatic carbocycles. The number of hydrogen-bond donors (Lipinski definition) is 0. The van der Waals surface area contributed by atoms with Crippen molar-refractivity contribution < 1.29 is 4.79 Å². The Morgan fingerprint density at radius 3 is 2.38 bits per heavy atom. The average Bonchev–Trinajstić information content (AvgIpc) is 2.81. The molecule has 1 aliphatic heterocycles. The van der Waals surface area contributed by atoms with Gasteiger partial charge in [0.15, 0.2) is 0 Å². The van der Waals surface area contributed by atoms with E-state index in [9.17, 15) is 4.79 Å². The van der Waals surface area contributed by atoms with Gasteiger partial charge in [-0.05, 0) is 33.3 Å². The van der Waals surface area contributed by atoms with Crippen LogP contribution in [0, 0.1) is 0 Å². The normalized spacial score (nSPS) is 19.3. The lowest BCUT2D eigenvalue weighted by Crippen LogP contribution is -2.43. The zero-order valence-corrected chi connectivity index (χ0v) is 14.3. The number of rotatable bonds is 6. The van der Waals surface area contributed by atoms with Crippen LogP contribution in [0.15, 0.2) is 30.3 Å². The second-order valence-corrected chi connectivity index (χ2v) is 7.16. The maximum atomic E-state index is 12.2. The molecule has 0 spiro atoms. The fraction of sp³-hybridized carbons (Fsp3) is 0.588. The summed E-state index contributed by atoms with van der Waals surface area (Å²) in [4.78, 5) is 16.7. The van der Waals surface area contributed by atoms with Crippen LogP contribution in [0.3, 0.4) is 0 Å². The standard InChI is InChI=1S/C17H26N2OS/c1-13(2)18(14(3)4)10-11-19-16(20)12-21-17(19)15-8-6-5-7-9-15/h5-9,13-14,17H,10-12H2,1-4H3. The Kier molecular flexibility index (Phi) is 5.71. The van der Waals surface area contributed by atoms with Crippen LogP contribution in [-0.2, 0) is 4.79 Å². The molecule has 1 unspecified atom stereocenters. The van der Waals surface area contributed by atoms with Crippen molar-refractivity contribution in [1.82, 2.24) is 9.80 Å². The lowest BCUT2D eigenvalue weighted by Gasteiger charge is -2.33. The van der Waals surface area contributed by atoms with Crippen molar-refractivity contribution in [3.8, 4) is 0 Å². The maximum Gasteiger partial charge on any atom is 0.233 e. The molecule has 116 valence electrons. The van der Waals surface area contributed by atoms with Crippen molar-refractivity contribution in [3.63, 3.8) is 0 Å². The summed E-state index contributed by atoms with van der Waals surface area (Å²) in [6, 6.07) is 11.4. The van der Waals surface area contributed by atoms with Gasteiger partial charge in [-0.15, -0.1) is 11.8 Å². The van der Waals surface area contributed by atoms with E-state index in [1.54, 1.807) is 11.8 Å². The Morgan fingerprint density at radius 1 is 1.19 bits per heavy atom. The lowest BCUT2D eigenvalue weighted by atomic mass is 10.2. The monoisotopic (exact) mass is 306 g/mol. The summed E-state index contributed by atoms with van der Waals surface area (Å²) in [6.45, 7) is 10.6. The van der Waals surface area contributed by atoms with Crippen LogP contribution in [0.4, 0.5) is 0 Å². The average molecular weight is 306 g/mol. The third-order valence-electron chi connectivity index (χ3n) is 3.98. The van der Waals surface area contributed by atoms with Gasteiger partial charge in [0.1, 0.15) is 5.37 Å². The minimum Gasteiger partial charge on any atom is -0.325 e. The minimum atomic E-state index is 0.180. The van der Waals surface area contributed by atoms with Crippen molar-refractivity contribution in [1.29, 1.82) is 0 Å². The molecule has 1 atom stereocenters. The van der Waals surface area contributed by atoms with E-state index >= 15 is 0 Å². The zero-order chi connectivity index (χ0) is 15.4. The summed E-state index contributed by atoms with van der Waals surface area (Å²) >= 11 is 1.74. The molecule has 0 N–H and O–H groups in total. The summed E-state index contributed by atoms with van der Waals surface area (Å²) in [6.07, 6.45) is 0. The van der Waals surface area contributed by atoms with Crippen molar-refractivity contribution in [2.75, 3.05) is 18.8 Å². The summed E-state index contributed by atoms with van der Waals surface area (Å²) in [5.74, 6) is 0.865. The molecule has 1 aromatic rings. The minimum absolute atomic E-state index is 0.180. The molecule has 0 aliphatic carbocycles. The fourth-order valence-corrected chi connectivity index (χ4v) is 4.14. The van der Waals surface area contributed by atoms with Gasteiger partial charge in [-0.2, -0.15) is 0 Å². The van der Waals surface area contributed by atoms with Crippen molar-refractivity contribution in [3.05, 3.63) is 35.9 Å². The molecule has 0 radical (unpaired) electrons. The molecule has 0 aromatic heterocycles. The highest BCUT2D eigenvalue weighted by molar-refractivity contribution is 8.00. The van der Waals surface area contributed by atoms with Gasteiger partial charge in [0.05, 0.1) is 5.75 Å². The molecule has 4 heteroatoms. The molecule has 1 saturated heterocycles. The van der Waals surface area contributed by atoms with E-state index in [-0.39, 0.29) is 11.3 Å². The van der Waals surface area contributed by atoms with E-state index in [1.807, 2.05) is 23.1 Å². The predicted octanol–water partition coefficient (Wildman–Crippen LogP) is 3.38. The van der Waals surface area contributed by atoms with Gasteiger partial charge in [-0.1, -0.05) is 30.3 Å². The van der Waals surface area contributed by atoms with E-state index in [4.69, 9.17) is 0 Å². The van der Waals surface area contributed by atoms with Crippen LogP contribution in [0.2, 0.25) is 0 Å². The molecule has 1 fully saturated rings. The van der Waals surface area contributed by atoms with Crippen molar-refractivity contribution in [2.45, 2.75) is 45.2 Å². The summed E-state index contributed by atoms with van der Waals surface area (Å²) < 4.78 is 0. The highest BCUT2D eigenvalue weighted by atomic mass is 32.2.